The molecule has 0 bridgehead atoms. The molecule has 2 aromatic heterocycles. The summed E-state index contributed by atoms with van der Waals surface area (Å²) in [5, 5.41) is 11.9. The van der Waals surface area contributed by atoms with Crippen LogP contribution in [0.25, 0.3) is 22.0 Å². The topological polar surface area (TPSA) is 127 Å². The lowest BCUT2D eigenvalue weighted by Gasteiger charge is -2.15. The van der Waals surface area contributed by atoms with E-state index in [2.05, 4.69) is 20.3 Å². The molecule has 0 unspecified atom stereocenters. The number of nitrogen functional groups attached to an aromatic ring is 2. The predicted molar refractivity (Wildman–Crippen MR) is 109 cm³/mol. The third-order valence-electron chi connectivity index (χ3n) is 4.25. The SMILES string of the molecule is N=Cc1cc(Nc2ccnc(N)n2)cc(-c2cccc3ncccc23)c1N. The minimum atomic E-state index is 0.183. The molecule has 4 aromatic rings. The molecule has 0 fully saturated rings. The fraction of sp³-hybridized carbons (Fsp3) is 0. The summed E-state index contributed by atoms with van der Waals surface area (Å²) in [4.78, 5) is 12.5. The van der Waals surface area contributed by atoms with Crippen LogP contribution in [0.1, 0.15) is 5.56 Å². The fourth-order valence-corrected chi connectivity index (χ4v) is 3.02. The fourth-order valence-electron chi connectivity index (χ4n) is 3.02. The van der Waals surface area contributed by atoms with E-state index in [9.17, 15) is 0 Å². The molecule has 0 saturated heterocycles. The smallest absolute Gasteiger partial charge is 0.221 e. The van der Waals surface area contributed by atoms with Crippen LogP contribution in [0.5, 0.6) is 0 Å². The van der Waals surface area contributed by atoms with Crippen molar-refractivity contribution in [3.05, 3.63) is 66.5 Å². The molecule has 0 aliphatic heterocycles. The van der Waals surface area contributed by atoms with Crippen LogP contribution in [0.15, 0.2) is 60.9 Å². The van der Waals surface area contributed by atoms with Crippen LogP contribution in [0.3, 0.4) is 0 Å². The number of nitrogens with zero attached hydrogens (tertiary/aromatic N) is 3. The Morgan fingerprint density at radius 2 is 1.81 bits per heavy atom. The highest BCUT2D eigenvalue weighted by Gasteiger charge is 2.12. The van der Waals surface area contributed by atoms with Crippen molar-refractivity contribution < 1.29 is 0 Å². The molecule has 7 heteroatoms. The predicted octanol–water partition coefficient (Wildman–Crippen LogP) is 3.60. The molecule has 4 rings (SSSR count). The molecule has 0 saturated carbocycles. The van der Waals surface area contributed by atoms with Crippen LogP contribution in [-0.4, -0.2) is 21.2 Å². The molecular formula is C20H17N7. The summed E-state index contributed by atoms with van der Waals surface area (Å²) in [6.45, 7) is 0. The number of anilines is 4. The van der Waals surface area contributed by atoms with Gasteiger partial charge in [-0.25, -0.2) is 4.98 Å². The largest absolute Gasteiger partial charge is 0.398 e. The summed E-state index contributed by atoms with van der Waals surface area (Å²) in [6, 6.07) is 15.2. The van der Waals surface area contributed by atoms with Gasteiger partial charge < -0.3 is 22.2 Å². The van der Waals surface area contributed by atoms with E-state index in [0.717, 1.165) is 27.7 Å². The Bertz CT molecular complexity index is 1150. The van der Waals surface area contributed by atoms with Gasteiger partial charge >= 0.3 is 0 Å². The Hall–Kier alpha value is -4.00. The molecule has 2 heterocycles. The van der Waals surface area contributed by atoms with Gasteiger partial charge in [0.1, 0.15) is 5.82 Å². The van der Waals surface area contributed by atoms with Crippen LogP contribution in [0, 0.1) is 5.41 Å². The maximum Gasteiger partial charge on any atom is 0.221 e. The van der Waals surface area contributed by atoms with Crippen molar-refractivity contribution in [1.29, 1.82) is 5.41 Å². The average molecular weight is 355 g/mol. The first-order valence-corrected chi connectivity index (χ1v) is 8.29. The van der Waals surface area contributed by atoms with E-state index < -0.39 is 0 Å². The number of pyridine rings is 1. The number of rotatable bonds is 4. The maximum absolute atomic E-state index is 7.73. The Morgan fingerprint density at radius 3 is 2.63 bits per heavy atom. The van der Waals surface area contributed by atoms with E-state index in [-0.39, 0.29) is 5.95 Å². The molecule has 132 valence electrons. The zero-order valence-electron chi connectivity index (χ0n) is 14.3. The number of hydrogen-bond donors (Lipinski definition) is 4. The third-order valence-corrected chi connectivity index (χ3v) is 4.25. The van der Waals surface area contributed by atoms with E-state index in [1.807, 2.05) is 36.4 Å². The number of aromatic nitrogens is 3. The molecule has 0 aliphatic carbocycles. The zero-order chi connectivity index (χ0) is 18.8. The standard InChI is InChI=1S/C20H17N7/c21-11-12-9-13(26-18-6-8-25-20(23)27-18)10-16(19(12)22)14-3-1-5-17-15(14)4-2-7-24-17/h1-11,21H,22H2,(H3,23,25,26,27). The van der Waals surface area contributed by atoms with Crippen LogP contribution in [0.2, 0.25) is 0 Å². The summed E-state index contributed by atoms with van der Waals surface area (Å²) in [7, 11) is 0. The molecule has 7 nitrogen and oxygen atoms in total. The van der Waals surface area contributed by atoms with Crippen LogP contribution in [-0.2, 0) is 0 Å². The normalized spacial score (nSPS) is 10.7. The van der Waals surface area contributed by atoms with Crippen molar-refractivity contribution in [3.8, 4) is 11.1 Å². The minimum Gasteiger partial charge on any atom is -0.398 e. The Morgan fingerprint density at radius 1 is 0.926 bits per heavy atom. The Labute approximate surface area is 155 Å². The second-order valence-electron chi connectivity index (χ2n) is 5.97. The number of fused-ring (bicyclic) bond motifs is 1. The number of benzene rings is 2. The maximum atomic E-state index is 7.73. The van der Waals surface area contributed by atoms with Crippen LogP contribution < -0.4 is 16.8 Å². The van der Waals surface area contributed by atoms with Gasteiger partial charge in [0, 0.05) is 46.5 Å². The third kappa shape index (κ3) is 3.13. The first-order chi connectivity index (χ1) is 13.2. The first-order valence-electron chi connectivity index (χ1n) is 8.29. The van der Waals surface area contributed by atoms with Gasteiger partial charge in [-0.1, -0.05) is 18.2 Å². The van der Waals surface area contributed by atoms with Crippen molar-refractivity contribution in [2.75, 3.05) is 16.8 Å². The lowest BCUT2D eigenvalue weighted by Crippen LogP contribution is -2.02. The molecule has 0 amide bonds. The van der Waals surface area contributed by atoms with Crippen LogP contribution >= 0.6 is 0 Å². The summed E-state index contributed by atoms with van der Waals surface area (Å²) in [5.74, 6) is 0.747. The molecule has 0 aliphatic rings. The second-order valence-corrected chi connectivity index (χ2v) is 5.97. The van der Waals surface area contributed by atoms with Gasteiger partial charge in [-0.2, -0.15) is 4.98 Å². The number of nitrogens with one attached hydrogen (secondary N) is 2. The Balaban J connectivity index is 1.88. The summed E-state index contributed by atoms with van der Waals surface area (Å²) >= 11 is 0. The molecule has 0 radical (unpaired) electrons. The van der Waals surface area contributed by atoms with E-state index in [0.29, 0.717) is 17.1 Å². The van der Waals surface area contributed by atoms with Crippen LogP contribution in [0.4, 0.5) is 23.1 Å². The average Bonchev–Trinajstić information content (AvgIpc) is 2.69. The van der Waals surface area contributed by atoms with Gasteiger partial charge in [0.15, 0.2) is 0 Å². The molecule has 0 spiro atoms. The van der Waals surface area contributed by atoms with E-state index in [1.54, 1.807) is 24.5 Å². The summed E-state index contributed by atoms with van der Waals surface area (Å²) < 4.78 is 0. The monoisotopic (exact) mass is 355 g/mol. The van der Waals surface area contributed by atoms with Gasteiger partial charge in [0.05, 0.1) is 5.52 Å². The van der Waals surface area contributed by atoms with Gasteiger partial charge in [-0.05, 0) is 35.9 Å². The van der Waals surface area contributed by atoms with Crippen molar-refractivity contribution >= 4 is 40.3 Å². The molecule has 2 aromatic carbocycles. The highest BCUT2D eigenvalue weighted by Crippen LogP contribution is 2.36. The highest BCUT2D eigenvalue weighted by atomic mass is 15.1. The van der Waals surface area contributed by atoms with Gasteiger partial charge in [-0.3, -0.25) is 4.98 Å². The van der Waals surface area contributed by atoms with Gasteiger partial charge in [-0.15, -0.1) is 0 Å². The quantitative estimate of drug-likeness (QED) is 0.327. The van der Waals surface area contributed by atoms with Crippen molar-refractivity contribution in [2.24, 2.45) is 0 Å². The molecule has 27 heavy (non-hydrogen) atoms. The highest BCUT2D eigenvalue weighted by molar-refractivity contribution is 6.02. The Kier molecular flexibility index (Phi) is 4.10. The minimum absolute atomic E-state index is 0.183. The second kappa shape index (κ2) is 6.72. The number of hydrogen-bond acceptors (Lipinski definition) is 7. The van der Waals surface area contributed by atoms with Crippen molar-refractivity contribution in [2.45, 2.75) is 0 Å². The summed E-state index contributed by atoms with van der Waals surface area (Å²) in [6.07, 6.45) is 4.58. The van der Waals surface area contributed by atoms with Gasteiger partial charge in [0.2, 0.25) is 5.95 Å². The van der Waals surface area contributed by atoms with Crippen molar-refractivity contribution in [3.63, 3.8) is 0 Å². The summed E-state index contributed by atoms with van der Waals surface area (Å²) in [5.41, 5.74) is 16.6. The lowest BCUT2D eigenvalue weighted by molar-refractivity contribution is 1.18. The lowest BCUT2D eigenvalue weighted by atomic mass is 9.96. The van der Waals surface area contributed by atoms with E-state index in [4.69, 9.17) is 16.9 Å². The molecule has 0 atom stereocenters. The molecule has 6 N–H and O–H groups in total. The van der Waals surface area contributed by atoms with E-state index in [1.165, 1.54) is 6.21 Å². The first kappa shape index (κ1) is 16.5. The molecular weight excluding hydrogens is 338 g/mol. The number of nitrogens with two attached hydrogens (primary N) is 2. The van der Waals surface area contributed by atoms with E-state index >= 15 is 0 Å². The van der Waals surface area contributed by atoms with Gasteiger partial charge in [0.25, 0.3) is 0 Å². The van der Waals surface area contributed by atoms with Crippen molar-refractivity contribution in [1.82, 2.24) is 15.0 Å². The zero-order valence-corrected chi connectivity index (χ0v) is 14.3.